The Morgan fingerprint density at radius 2 is 1.00 bits per heavy atom. The van der Waals surface area contributed by atoms with Crippen LogP contribution in [0.2, 0.25) is 0 Å². The van der Waals surface area contributed by atoms with Crippen molar-refractivity contribution in [3.05, 3.63) is 0 Å². The van der Waals surface area contributed by atoms with Crippen molar-refractivity contribution in [1.82, 2.24) is 0 Å². The molecule has 2 heteroatoms. The van der Waals surface area contributed by atoms with Gasteiger partial charge in [0.25, 0.3) is 0 Å². The normalized spacial score (nSPS) is 16.3. The van der Waals surface area contributed by atoms with Gasteiger partial charge in [-0.05, 0) is 0 Å². The summed E-state index contributed by atoms with van der Waals surface area (Å²) in [6, 6.07) is 0. The third-order valence-corrected chi connectivity index (χ3v) is 14.6. The predicted octanol–water partition coefficient (Wildman–Crippen LogP) is 3.41. The van der Waals surface area contributed by atoms with E-state index in [0.717, 1.165) is 0 Å². The Labute approximate surface area is 68.2 Å². The molecule has 10 heavy (non-hydrogen) atoms. The molecule has 0 aliphatic rings. The van der Waals surface area contributed by atoms with E-state index in [4.69, 9.17) is 0 Å². The van der Waals surface area contributed by atoms with Crippen molar-refractivity contribution in [3.63, 3.8) is 0 Å². The monoisotopic (exact) mass is 180 g/mol. The first-order chi connectivity index (χ1) is 4.54. The SMILES string of the molecule is CCP(P)(CC)(CC)CC. The Bertz CT molecular complexity index is 82.3. The van der Waals surface area contributed by atoms with Crippen LogP contribution in [-0.4, -0.2) is 24.6 Å². The van der Waals surface area contributed by atoms with Gasteiger partial charge in [0.1, 0.15) is 0 Å². The molecule has 0 aliphatic heterocycles. The summed E-state index contributed by atoms with van der Waals surface area (Å²) in [5, 5.41) is 0. The van der Waals surface area contributed by atoms with Crippen LogP contribution in [0.3, 0.4) is 0 Å². The van der Waals surface area contributed by atoms with Gasteiger partial charge < -0.3 is 0 Å². The van der Waals surface area contributed by atoms with Crippen molar-refractivity contribution in [3.8, 4) is 0 Å². The maximum absolute atomic E-state index is 3.21. The molecule has 64 valence electrons. The van der Waals surface area contributed by atoms with Gasteiger partial charge in [0.15, 0.2) is 0 Å². The van der Waals surface area contributed by atoms with Crippen LogP contribution >= 0.6 is 15.2 Å². The van der Waals surface area contributed by atoms with Crippen LogP contribution in [0, 0.1) is 0 Å². The molecule has 0 heterocycles. The molecule has 1 unspecified atom stereocenters. The Hall–Kier alpha value is 0.860. The summed E-state index contributed by atoms with van der Waals surface area (Å²) in [5.41, 5.74) is 0. The Morgan fingerprint density at radius 3 is 1.00 bits per heavy atom. The fourth-order valence-electron chi connectivity index (χ4n) is 1.34. The molecular formula is C8H22P2. The van der Waals surface area contributed by atoms with E-state index in [2.05, 4.69) is 36.6 Å². The average molecular weight is 180 g/mol. The topological polar surface area (TPSA) is 0 Å². The zero-order valence-electron chi connectivity index (χ0n) is 7.85. The molecule has 0 bridgehead atoms. The van der Waals surface area contributed by atoms with E-state index in [9.17, 15) is 0 Å². The summed E-state index contributed by atoms with van der Waals surface area (Å²) >= 11 is 0. The molecule has 0 saturated heterocycles. The van der Waals surface area contributed by atoms with Crippen molar-refractivity contribution in [1.29, 1.82) is 0 Å². The molecule has 0 saturated carbocycles. The fraction of sp³-hybridized carbons (Fsp3) is 1.00. The molecule has 0 radical (unpaired) electrons. The third-order valence-electron chi connectivity index (χ3n) is 3.41. The van der Waals surface area contributed by atoms with Gasteiger partial charge in [-0.3, -0.25) is 0 Å². The van der Waals surface area contributed by atoms with Gasteiger partial charge in [-0.15, -0.1) is 0 Å². The average Bonchev–Trinajstić information content (AvgIpc) is 2.04. The molecule has 0 rings (SSSR count). The Balaban J connectivity index is 4.42. The second-order valence-electron chi connectivity index (χ2n) is 3.34. The first kappa shape index (κ1) is 10.9. The molecule has 0 aromatic carbocycles. The van der Waals surface area contributed by atoms with E-state index in [-0.39, 0.29) is 0 Å². The zero-order valence-corrected chi connectivity index (χ0v) is 9.90. The van der Waals surface area contributed by atoms with E-state index < -0.39 is 6.29 Å². The molecule has 0 aliphatic carbocycles. The minimum absolute atomic E-state index is 1.24. The second-order valence-corrected chi connectivity index (χ2v) is 14.4. The van der Waals surface area contributed by atoms with E-state index >= 15 is 0 Å². The van der Waals surface area contributed by atoms with Crippen molar-refractivity contribution in [2.75, 3.05) is 24.6 Å². The molecule has 0 spiro atoms. The van der Waals surface area contributed by atoms with Gasteiger partial charge in [-0.1, -0.05) is 0 Å². The first-order valence-corrected chi connectivity index (χ1v) is 8.95. The summed E-state index contributed by atoms with van der Waals surface area (Å²) in [7, 11) is 3.21. The molecule has 0 aromatic rings. The van der Waals surface area contributed by atoms with Gasteiger partial charge in [0, 0.05) is 0 Å². The number of rotatable bonds is 4. The molecule has 0 nitrogen and oxygen atoms in total. The van der Waals surface area contributed by atoms with Gasteiger partial charge in [-0.25, -0.2) is 0 Å². The molecular weight excluding hydrogens is 158 g/mol. The summed E-state index contributed by atoms with van der Waals surface area (Å²) in [6.45, 7) is 9.39. The van der Waals surface area contributed by atoms with Gasteiger partial charge >= 0.3 is 67.6 Å². The maximum atomic E-state index is 3.21. The number of hydrogen-bond donors (Lipinski definition) is 0. The summed E-state index contributed by atoms with van der Waals surface area (Å²) in [4.78, 5) is 0. The quantitative estimate of drug-likeness (QED) is 0.581. The van der Waals surface area contributed by atoms with Gasteiger partial charge in [-0.2, -0.15) is 0 Å². The molecule has 0 fully saturated rings. The zero-order chi connectivity index (χ0) is 8.28. The predicted molar refractivity (Wildman–Crippen MR) is 58.8 cm³/mol. The number of hydrogen-bond acceptors (Lipinski definition) is 0. The van der Waals surface area contributed by atoms with Crippen LogP contribution < -0.4 is 0 Å². The van der Waals surface area contributed by atoms with Crippen LogP contribution in [0.1, 0.15) is 27.7 Å². The Kier molecular flexibility index (Phi) is 3.81. The first-order valence-electron chi connectivity index (χ1n) is 4.35. The van der Waals surface area contributed by atoms with Gasteiger partial charge in [0.2, 0.25) is 0 Å². The molecule has 0 N–H and O–H groups in total. The third kappa shape index (κ3) is 1.93. The Morgan fingerprint density at radius 1 is 0.800 bits per heavy atom. The van der Waals surface area contributed by atoms with Crippen molar-refractivity contribution < 1.29 is 0 Å². The van der Waals surface area contributed by atoms with Gasteiger partial charge in [0.05, 0.1) is 0 Å². The van der Waals surface area contributed by atoms with Crippen LogP contribution in [0.5, 0.6) is 0 Å². The van der Waals surface area contributed by atoms with E-state index in [1.54, 1.807) is 0 Å². The summed E-state index contributed by atoms with van der Waals surface area (Å²) < 4.78 is 0. The van der Waals surface area contributed by atoms with Crippen LogP contribution in [0.4, 0.5) is 0 Å². The standard InChI is InChI=1S/C8H22P2/c1-5-10(9,6-2,7-3)8-4/h5-9H2,1-4H3. The minimum atomic E-state index is -1.24. The van der Waals surface area contributed by atoms with Crippen LogP contribution in [0.25, 0.3) is 0 Å². The van der Waals surface area contributed by atoms with Crippen molar-refractivity contribution in [2.45, 2.75) is 27.7 Å². The van der Waals surface area contributed by atoms with Crippen LogP contribution in [0.15, 0.2) is 0 Å². The second kappa shape index (κ2) is 3.51. The van der Waals surface area contributed by atoms with Crippen molar-refractivity contribution >= 4 is 15.2 Å². The fourth-order valence-corrected chi connectivity index (χ4v) is 4.02. The van der Waals surface area contributed by atoms with Crippen LogP contribution in [-0.2, 0) is 0 Å². The van der Waals surface area contributed by atoms with E-state index in [1.807, 2.05) is 0 Å². The molecule has 0 aromatic heterocycles. The van der Waals surface area contributed by atoms with E-state index in [0.29, 0.717) is 0 Å². The van der Waals surface area contributed by atoms with Crippen molar-refractivity contribution in [2.24, 2.45) is 0 Å². The molecule has 0 amide bonds. The summed E-state index contributed by atoms with van der Waals surface area (Å²) in [5.74, 6) is 0. The summed E-state index contributed by atoms with van der Waals surface area (Å²) in [6.07, 6.45) is 4.37. The molecule has 1 atom stereocenters. The van der Waals surface area contributed by atoms with E-state index in [1.165, 1.54) is 24.6 Å².